The van der Waals surface area contributed by atoms with E-state index in [2.05, 4.69) is 39.6 Å². The van der Waals surface area contributed by atoms with Crippen molar-refractivity contribution < 1.29 is 9.53 Å². The van der Waals surface area contributed by atoms with E-state index in [4.69, 9.17) is 10.5 Å². The first-order valence-electron chi connectivity index (χ1n) is 7.71. The first-order valence-corrected chi connectivity index (χ1v) is 7.71. The van der Waals surface area contributed by atoms with Crippen molar-refractivity contribution >= 4 is 11.8 Å². The topological polar surface area (TPSA) is 65.2 Å². The van der Waals surface area contributed by atoms with Crippen LogP contribution in [0.3, 0.4) is 0 Å². The third kappa shape index (κ3) is 8.33. The number of esters is 1. The second kappa shape index (κ2) is 10.2. The molecule has 0 aliphatic carbocycles. The van der Waals surface area contributed by atoms with E-state index in [0.29, 0.717) is 24.1 Å². The van der Waals surface area contributed by atoms with Crippen molar-refractivity contribution in [3.05, 3.63) is 23.9 Å². The smallest absolute Gasteiger partial charge is 0.305 e. The van der Waals surface area contributed by atoms with Crippen LogP contribution in [0.1, 0.15) is 53.5 Å². The van der Waals surface area contributed by atoms with Gasteiger partial charge in [0.1, 0.15) is 11.9 Å². The second-order valence-corrected chi connectivity index (χ2v) is 5.74. The molecule has 0 saturated carbocycles. The minimum atomic E-state index is -0.0950. The molecule has 0 spiro atoms. The number of anilines is 1. The van der Waals surface area contributed by atoms with E-state index in [1.54, 1.807) is 6.20 Å². The van der Waals surface area contributed by atoms with Crippen LogP contribution in [0.25, 0.3) is 0 Å². The Morgan fingerprint density at radius 2 is 1.81 bits per heavy atom. The third-order valence-electron chi connectivity index (χ3n) is 3.12. The maximum absolute atomic E-state index is 11.0. The summed E-state index contributed by atoms with van der Waals surface area (Å²) in [6.07, 6.45) is 3.29. The van der Waals surface area contributed by atoms with Gasteiger partial charge in [-0.05, 0) is 36.0 Å². The van der Waals surface area contributed by atoms with Gasteiger partial charge in [-0.1, -0.05) is 41.5 Å². The van der Waals surface area contributed by atoms with Crippen LogP contribution in [0.4, 0.5) is 5.82 Å². The van der Waals surface area contributed by atoms with Crippen LogP contribution in [-0.4, -0.2) is 17.1 Å². The van der Waals surface area contributed by atoms with Crippen LogP contribution < -0.4 is 5.73 Å². The first kappa shape index (κ1) is 19.4. The molecule has 1 aromatic heterocycles. The Hall–Kier alpha value is -1.58. The fraction of sp³-hybridized carbons (Fsp3) is 0.647. The molecule has 4 nitrogen and oxygen atoms in total. The molecule has 0 aliphatic heterocycles. The maximum atomic E-state index is 11.0. The van der Waals surface area contributed by atoms with E-state index >= 15 is 0 Å². The van der Waals surface area contributed by atoms with E-state index in [1.807, 2.05) is 19.1 Å². The number of nitrogen functional groups attached to an aromatic ring is 1. The Morgan fingerprint density at radius 3 is 2.14 bits per heavy atom. The molecule has 0 bridgehead atoms. The zero-order chi connectivity index (χ0) is 16.4. The zero-order valence-electron chi connectivity index (χ0n) is 14.2. The molecule has 0 atom stereocenters. The summed E-state index contributed by atoms with van der Waals surface area (Å²) >= 11 is 0. The second-order valence-electron chi connectivity index (χ2n) is 5.74. The number of nitrogens with two attached hydrogens (primary N) is 1. The molecule has 0 amide bonds. The van der Waals surface area contributed by atoms with Crippen molar-refractivity contribution in [2.75, 3.05) is 5.73 Å². The summed E-state index contributed by atoms with van der Waals surface area (Å²) in [6, 6.07) is 3.86. The molecule has 0 saturated heterocycles. The molecule has 1 heterocycles. The van der Waals surface area contributed by atoms with Crippen molar-refractivity contribution in [3.8, 4) is 0 Å². The molecular formula is C17H30N2O2. The van der Waals surface area contributed by atoms with Crippen molar-refractivity contribution in [2.45, 2.75) is 60.5 Å². The highest BCUT2D eigenvalue weighted by Crippen LogP contribution is 2.16. The summed E-state index contributed by atoms with van der Waals surface area (Å²) in [5.41, 5.74) is 6.66. The molecular weight excluding hydrogens is 264 g/mol. The summed E-state index contributed by atoms with van der Waals surface area (Å²) in [5, 5.41) is 0. The molecule has 0 fully saturated rings. The molecule has 0 radical (unpaired) electrons. The van der Waals surface area contributed by atoms with Gasteiger partial charge in [-0.25, -0.2) is 4.98 Å². The third-order valence-corrected chi connectivity index (χ3v) is 3.12. The van der Waals surface area contributed by atoms with E-state index < -0.39 is 0 Å². The molecule has 0 aliphatic rings. The lowest BCUT2D eigenvalue weighted by Gasteiger charge is -2.24. The van der Waals surface area contributed by atoms with E-state index in [9.17, 15) is 4.79 Å². The molecule has 21 heavy (non-hydrogen) atoms. The summed E-state index contributed by atoms with van der Waals surface area (Å²) in [4.78, 5) is 14.9. The lowest BCUT2D eigenvalue weighted by Crippen LogP contribution is -2.28. The van der Waals surface area contributed by atoms with Crippen molar-refractivity contribution in [2.24, 2.45) is 11.8 Å². The average Bonchev–Trinajstić information content (AvgIpc) is 2.44. The number of pyridine rings is 1. The lowest BCUT2D eigenvalue weighted by atomic mass is 9.96. The number of carbonyl (C=O) groups is 1. The number of ether oxygens (including phenoxy) is 1. The van der Waals surface area contributed by atoms with E-state index in [0.717, 1.165) is 6.42 Å². The van der Waals surface area contributed by atoms with Crippen LogP contribution in [-0.2, 0) is 16.0 Å². The summed E-state index contributed by atoms with van der Waals surface area (Å²) in [5.74, 6) is 1.32. The van der Waals surface area contributed by atoms with Gasteiger partial charge in [0.25, 0.3) is 0 Å². The summed E-state index contributed by atoms with van der Waals surface area (Å²) in [7, 11) is 0. The maximum Gasteiger partial charge on any atom is 0.305 e. The van der Waals surface area contributed by atoms with Gasteiger partial charge in [-0.15, -0.1) is 0 Å². The number of hydrogen-bond acceptors (Lipinski definition) is 4. The minimum absolute atomic E-state index is 0.0671. The minimum Gasteiger partial charge on any atom is -0.462 e. The van der Waals surface area contributed by atoms with Gasteiger partial charge >= 0.3 is 5.97 Å². The Bertz CT molecular complexity index is 409. The van der Waals surface area contributed by atoms with Gasteiger partial charge in [-0.3, -0.25) is 4.79 Å². The molecule has 1 aromatic rings. The number of nitrogens with zero attached hydrogens (tertiary/aromatic N) is 1. The van der Waals surface area contributed by atoms with Crippen LogP contribution in [0.5, 0.6) is 0 Å². The highest BCUT2D eigenvalue weighted by atomic mass is 16.5. The molecule has 1 rings (SSSR count). The Kier molecular flexibility index (Phi) is 9.42. The van der Waals surface area contributed by atoms with E-state index in [-0.39, 0.29) is 12.1 Å². The van der Waals surface area contributed by atoms with Crippen LogP contribution >= 0.6 is 0 Å². The summed E-state index contributed by atoms with van der Waals surface area (Å²) < 4.78 is 5.28. The fourth-order valence-electron chi connectivity index (χ4n) is 1.99. The van der Waals surface area contributed by atoms with Crippen molar-refractivity contribution in [3.63, 3.8) is 0 Å². The number of aryl methyl sites for hydroxylation is 1. The highest BCUT2D eigenvalue weighted by Gasteiger charge is 2.20. The molecule has 0 aromatic carbocycles. The van der Waals surface area contributed by atoms with Gasteiger partial charge in [-0.2, -0.15) is 0 Å². The lowest BCUT2D eigenvalue weighted by molar-refractivity contribution is -0.153. The van der Waals surface area contributed by atoms with Gasteiger partial charge in [0, 0.05) is 12.6 Å². The number of hydrogen-bond donors (Lipinski definition) is 1. The average molecular weight is 294 g/mol. The SMILES string of the molecule is CCC(=O)OC(C(C)C)C(C)C.CCc1ccnc(N)c1. The van der Waals surface area contributed by atoms with Gasteiger partial charge < -0.3 is 10.5 Å². The monoisotopic (exact) mass is 294 g/mol. The Morgan fingerprint density at radius 1 is 1.24 bits per heavy atom. The highest BCUT2D eigenvalue weighted by molar-refractivity contribution is 5.69. The molecule has 120 valence electrons. The first-order chi connectivity index (χ1) is 9.81. The molecule has 4 heteroatoms. The Balaban J connectivity index is 0.000000394. The quantitative estimate of drug-likeness (QED) is 0.838. The predicted octanol–water partition coefficient (Wildman–Crippen LogP) is 3.85. The predicted molar refractivity (Wildman–Crippen MR) is 87.9 cm³/mol. The Labute approximate surface area is 129 Å². The van der Waals surface area contributed by atoms with E-state index in [1.165, 1.54) is 5.56 Å². The van der Waals surface area contributed by atoms with Gasteiger partial charge in [0.15, 0.2) is 0 Å². The van der Waals surface area contributed by atoms with Gasteiger partial charge in [0.05, 0.1) is 0 Å². The summed E-state index contributed by atoms with van der Waals surface area (Å²) in [6.45, 7) is 12.2. The normalized spacial score (nSPS) is 10.5. The van der Waals surface area contributed by atoms with Crippen molar-refractivity contribution in [1.29, 1.82) is 0 Å². The molecule has 2 N–H and O–H groups in total. The van der Waals surface area contributed by atoms with Crippen LogP contribution in [0.2, 0.25) is 0 Å². The van der Waals surface area contributed by atoms with Crippen LogP contribution in [0, 0.1) is 11.8 Å². The number of rotatable bonds is 5. The number of aromatic nitrogens is 1. The largest absolute Gasteiger partial charge is 0.462 e. The van der Waals surface area contributed by atoms with Gasteiger partial charge in [0.2, 0.25) is 0 Å². The number of carbonyl (C=O) groups excluding carboxylic acids is 1. The van der Waals surface area contributed by atoms with Crippen molar-refractivity contribution in [1.82, 2.24) is 4.98 Å². The standard InChI is InChI=1S/C10H20O2.C7H10N2/c1-6-9(11)12-10(7(2)3)8(4)5;1-2-6-3-4-9-7(8)5-6/h7-8,10H,6H2,1-5H3;3-5H,2H2,1H3,(H2,8,9). The zero-order valence-corrected chi connectivity index (χ0v) is 14.2. The van der Waals surface area contributed by atoms with Crippen LogP contribution in [0.15, 0.2) is 18.3 Å². The molecule has 0 unspecified atom stereocenters. The fourth-order valence-corrected chi connectivity index (χ4v) is 1.99.